The SMILES string of the molecule is Cc1ccc([C@H]2[C@H]3C(=O)N(c4cccc(Cl)c4C)C(=O)[C@H]3ON2c2ccccc2)cc1. The smallest absolute Gasteiger partial charge is 0.266 e. The molecule has 0 N–H and O–H groups in total. The molecule has 0 aromatic heterocycles. The number of aryl methyl sites for hydroxylation is 1. The fraction of sp³-hybridized carbons (Fsp3) is 0.200. The van der Waals surface area contributed by atoms with E-state index >= 15 is 0 Å². The first kappa shape index (κ1) is 19.8. The Hall–Kier alpha value is -3.15. The van der Waals surface area contributed by atoms with Gasteiger partial charge in [-0.1, -0.05) is 65.7 Å². The molecule has 0 unspecified atom stereocenters. The highest BCUT2D eigenvalue weighted by molar-refractivity contribution is 6.32. The largest absolute Gasteiger partial charge is 0.273 e. The number of para-hydroxylation sites is 1. The molecule has 31 heavy (non-hydrogen) atoms. The minimum absolute atomic E-state index is 0.274. The number of amides is 2. The van der Waals surface area contributed by atoms with Crippen molar-refractivity contribution in [1.29, 1.82) is 0 Å². The number of carbonyl (C=O) groups excluding carboxylic acids is 2. The zero-order valence-electron chi connectivity index (χ0n) is 17.2. The number of nitrogens with zero attached hydrogens (tertiary/aromatic N) is 2. The molecular formula is C25H21ClN2O3. The number of hydroxylamine groups is 1. The summed E-state index contributed by atoms with van der Waals surface area (Å²) >= 11 is 6.26. The molecule has 2 fully saturated rings. The van der Waals surface area contributed by atoms with Crippen LogP contribution < -0.4 is 9.96 Å². The summed E-state index contributed by atoms with van der Waals surface area (Å²) in [5.74, 6) is -1.30. The first-order chi connectivity index (χ1) is 15.0. The van der Waals surface area contributed by atoms with E-state index in [4.69, 9.17) is 16.4 Å². The normalized spacial score (nSPS) is 22.9. The highest BCUT2D eigenvalue weighted by atomic mass is 35.5. The minimum Gasteiger partial charge on any atom is -0.273 e. The number of rotatable bonds is 3. The lowest BCUT2D eigenvalue weighted by atomic mass is 9.90. The van der Waals surface area contributed by atoms with Gasteiger partial charge in [-0.05, 0) is 49.2 Å². The number of imide groups is 1. The third-order valence-electron chi connectivity index (χ3n) is 6.02. The quantitative estimate of drug-likeness (QED) is 0.546. The molecule has 5 nitrogen and oxygen atoms in total. The Kier molecular flexibility index (Phi) is 4.80. The van der Waals surface area contributed by atoms with Crippen LogP contribution in [0.25, 0.3) is 0 Å². The monoisotopic (exact) mass is 432 g/mol. The second-order valence-corrected chi connectivity index (χ2v) is 8.37. The third-order valence-corrected chi connectivity index (χ3v) is 6.43. The molecule has 0 bridgehead atoms. The highest BCUT2D eigenvalue weighted by Gasteiger charge is 2.60. The van der Waals surface area contributed by atoms with Gasteiger partial charge in [-0.15, -0.1) is 0 Å². The van der Waals surface area contributed by atoms with Crippen LogP contribution in [0.2, 0.25) is 5.02 Å². The fourth-order valence-electron chi connectivity index (χ4n) is 4.39. The van der Waals surface area contributed by atoms with Gasteiger partial charge in [-0.3, -0.25) is 14.4 Å². The molecule has 2 amide bonds. The van der Waals surface area contributed by atoms with E-state index < -0.39 is 18.1 Å². The summed E-state index contributed by atoms with van der Waals surface area (Å²) in [5, 5.41) is 2.22. The van der Waals surface area contributed by atoms with Gasteiger partial charge in [0.15, 0.2) is 6.10 Å². The van der Waals surface area contributed by atoms with Crippen molar-refractivity contribution < 1.29 is 14.4 Å². The van der Waals surface area contributed by atoms with Crippen molar-refractivity contribution >= 4 is 34.8 Å². The molecule has 0 aliphatic carbocycles. The van der Waals surface area contributed by atoms with E-state index in [0.717, 1.165) is 16.8 Å². The molecule has 3 atom stereocenters. The van der Waals surface area contributed by atoms with Crippen LogP contribution in [0.4, 0.5) is 11.4 Å². The summed E-state index contributed by atoms with van der Waals surface area (Å²) in [7, 11) is 0. The Morgan fingerprint density at radius 2 is 1.55 bits per heavy atom. The first-order valence-electron chi connectivity index (χ1n) is 10.2. The lowest BCUT2D eigenvalue weighted by Gasteiger charge is -2.29. The van der Waals surface area contributed by atoms with E-state index in [1.807, 2.05) is 61.5 Å². The van der Waals surface area contributed by atoms with Gasteiger partial charge in [0.25, 0.3) is 5.91 Å². The topological polar surface area (TPSA) is 49.9 Å². The van der Waals surface area contributed by atoms with E-state index in [2.05, 4.69) is 0 Å². The van der Waals surface area contributed by atoms with Gasteiger partial charge >= 0.3 is 0 Å². The van der Waals surface area contributed by atoms with E-state index in [0.29, 0.717) is 16.3 Å². The molecule has 0 radical (unpaired) electrons. The van der Waals surface area contributed by atoms with Crippen molar-refractivity contribution in [2.45, 2.75) is 26.0 Å². The second-order valence-electron chi connectivity index (χ2n) is 7.96. The lowest BCUT2D eigenvalue weighted by Crippen LogP contribution is -2.37. The molecule has 0 spiro atoms. The van der Waals surface area contributed by atoms with Crippen LogP contribution in [-0.2, 0) is 14.4 Å². The summed E-state index contributed by atoms with van der Waals surface area (Å²) in [6.45, 7) is 3.82. The van der Waals surface area contributed by atoms with Gasteiger partial charge < -0.3 is 0 Å². The van der Waals surface area contributed by atoms with Crippen LogP contribution in [0.5, 0.6) is 0 Å². The van der Waals surface area contributed by atoms with Crippen LogP contribution in [0.3, 0.4) is 0 Å². The van der Waals surface area contributed by atoms with Gasteiger partial charge in [0.05, 0.1) is 17.4 Å². The van der Waals surface area contributed by atoms with E-state index in [1.165, 1.54) is 4.90 Å². The molecule has 6 heteroatoms. The Morgan fingerprint density at radius 1 is 0.839 bits per heavy atom. The number of carbonyl (C=O) groups is 2. The number of benzene rings is 3. The lowest BCUT2D eigenvalue weighted by molar-refractivity contribution is -0.126. The van der Waals surface area contributed by atoms with Gasteiger partial charge in [0, 0.05) is 5.02 Å². The zero-order chi connectivity index (χ0) is 21.7. The molecular weight excluding hydrogens is 412 g/mol. The molecule has 156 valence electrons. The third kappa shape index (κ3) is 3.12. The number of anilines is 2. The average molecular weight is 433 g/mol. The highest BCUT2D eigenvalue weighted by Crippen LogP contribution is 2.48. The molecule has 2 aliphatic heterocycles. The summed E-state index contributed by atoms with van der Waals surface area (Å²) in [6, 6.07) is 22.4. The van der Waals surface area contributed by atoms with Gasteiger partial charge in [0.1, 0.15) is 5.92 Å². The standard InChI is InChI=1S/C25H21ClN2O3/c1-15-11-13-17(14-12-15)22-21-23(31-28(22)18-7-4-3-5-8-18)25(30)27(24(21)29)20-10-6-9-19(26)16(20)2/h3-14,21-23H,1-2H3/t21-,22+,23+/m1/s1. The Labute approximate surface area is 185 Å². The first-order valence-corrected chi connectivity index (χ1v) is 10.6. The van der Waals surface area contributed by atoms with Crippen LogP contribution in [0.15, 0.2) is 72.8 Å². The number of halogens is 1. The maximum absolute atomic E-state index is 13.6. The van der Waals surface area contributed by atoms with Crippen LogP contribution >= 0.6 is 11.6 Å². The second kappa shape index (κ2) is 7.52. The average Bonchev–Trinajstić information content (AvgIpc) is 3.28. The van der Waals surface area contributed by atoms with Crippen molar-refractivity contribution in [1.82, 2.24) is 0 Å². The van der Waals surface area contributed by atoms with E-state index in [9.17, 15) is 9.59 Å². The van der Waals surface area contributed by atoms with E-state index in [1.54, 1.807) is 30.2 Å². The number of hydrogen-bond acceptors (Lipinski definition) is 4. The van der Waals surface area contributed by atoms with Crippen molar-refractivity contribution in [3.05, 3.63) is 94.5 Å². The molecule has 2 aliphatic rings. The summed E-state index contributed by atoms with van der Waals surface area (Å²) in [4.78, 5) is 34.4. The fourth-order valence-corrected chi connectivity index (χ4v) is 4.56. The van der Waals surface area contributed by atoms with Crippen molar-refractivity contribution in [2.75, 3.05) is 9.96 Å². The van der Waals surface area contributed by atoms with Crippen LogP contribution in [-0.4, -0.2) is 17.9 Å². The predicted molar refractivity (Wildman–Crippen MR) is 120 cm³/mol. The van der Waals surface area contributed by atoms with Gasteiger partial charge in [-0.25, -0.2) is 9.96 Å². The molecule has 5 rings (SSSR count). The maximum atomic E-state index is 13.6. The summed E-state index contributed by atoms with van der Waals surface area (Å²) < 4.78 is 0. The van der Waals surface area contributed by atoms with E-state index in [-0.39, 0.29) is 11.8 Å². The van der Waals surface area contributed by atoms with Crippen LogP contribution in [0, 0.1) is 19.8 Å². The maximum Gasteiger partial charge on any atom is 0.266 e. The van der Waals surface area contributed by atoms with Gasteiger partial charge in [0.2, 0.25) is 5.91 Å². The molecule has 2 heterocycles. The van der Waals surface area contributed by atoms with Crippen molar-refractivity contribution in [3.63, 3.8) is 0 Å². The van der Waals surface area contributed by atoms with Crippen LogP contribution in [0.1, 0.15) is 22.7 Å². The van der Waals surface area contributed by atoms with Gasteiger partial charge in [-0.2, -0.15) is 0 Å². The van der Waals surface area contributed by atoms with Crippen molar-refractivity contribution in [2.24, 2.45) is 5.92 Å². The Bertz CT molecular complexity index is 1160. The summed E-state index contributed by atoms with van der Waals surface area (Å²) in [5.41, 5.74) is 4.05. The summed E-state index contributed by atoms with van der Waals surface area (Å²) in [6.07, 6.45) is -0.891. The zero-order valence-corrected chi connectivity index (χ0v) is 17.9. The minimum atomic E-state index is -0.891. The Balaban J connectivity index is 1.60. The molecule has 3 aromatic carbocycles. The molecule has 3 aromatic rings. The molecule has 0 saturated carbocycles. The van der Waals surface area contributed by atoms with Crippen molar-refractivity contribution in [3.8, 4) is 0 Å². The number of fused-ring (bicyclic) bond motifs is 1. The predicted octanol–water partition coefficient (Wildman–Crippen LogP) is 5.01. The number of hydrogen-bond donors (Lipinski definition) is 0. The molecule has 2 saturated heterocycles. The Morgan fingerprint density at radius 3 is 2.26 bits per heavy atom.